The molecule has 1 rings (SSSR count). The molecule has 1 aromatic rings. The van der Waals surface area contributed by atoms with E-state index >= 15 is 0 Å². The maximum absolute atomic E-state index is 2.30. The van der Waals surface area contributed by atoms with E-state index in [9.17, 15) is 0 Å². The van der Waals surface area contributed by atoms with Gasteiger partial charge < -0.3 is 0 Å². The number of hydrogen-bond acceptors (Lipinski definition) is 0. The van der Waals surface area contributed by atoms with Crippen molar-refractivity contribution in [3.05, 3.63) is 34.9 Å². The number of hydrogen-bond donors (Lipinski definition) is 0. The summed E-state index contributed by atoms with van der Waals surface area (Å²) in [5.41, 5.74) is 4.66. The van der Waals surface area contributed by atoms with Crippen LogP contribution in [0.4, 0.5) is 0 Å². The molecule has 0 nitrogen and oxygen atoms in total. The molecule has 0 heteroatoms. The van der Waals surface area contributed by atoms with Crippen molar-refractivity contribution < 1.29 is 0 Å². The SMILES string of the molecule is CCCCCCCCCc1c(C)cccc1CC. The van der Waals surface area contributed by atoms with Gasteiger partial charge in [0.25, 0.3) is 0 Å². The lowest BCUT2D eigenvalue weighted by molar-refractivity contribution is 0.588. The molecule has 18 heavy (non-hydrogen) atoms. The molecule has 1 aromatic carbocycles. The van der Waals surface area contributed by atoms with Gasteiger partial charge in [0.1, 0.15) is 0 Å². The Balaban J connectivity index is 2.26. The van der Waals surface area contributed by atoms with Crippen molar-refractivity contribution >= 4 is 0 Å². The zero-order valence-corrected chi connectivity index (χ0v) is 12.6. The van der Waals surface area contributed by atoms with Crippen LogP contribution in [-0.2, 0) is 12.8 Å². The van der Waals surface area contributed by atoms with Crippen LogP contribution < -0.4 is 0 Å². The van der Waals surface area contributed by atoms with Crippen molar-refractivity contribution in [1.82, 2.24) is 0 Å². The fourth-order valence-corrected chi connectivity index (χ4v) is 2.71. The van der Waals surface area contributed by atoms with E-state index in [2.05, 4.69) is 39.0 Å². The van der Waals surface area contributed by atoms with Gasteiger partial charge in [0.2, 0.25) is 0 Å². The van der Waals surface area contributed by atoms with Gasteiger partial charge in [-0.05, 0) is 42.9 Å². The molecule has 0 spiro atoms. The lowest BCUT2D eigenvalue weighted by Crippen LogP contribution is -1.96. The van der Waals surface area contributed by atoms with Crippen LogP contribution in [0.2, 0.25) is 0 Å². The van der Waals surface area contributed by atoms with Crippen LogP contribution in [0.25, 0.3) is 0 Å². The van der Waals surface area contributed by atoms with Gasteiger partial charge >= 0.3 is 0 Å². The second-order valence-corrected chi connectivity index (χ2v) is 5.44. The monoisotopic (exact) mass is 246 g/mol. The summed E-state index contributed by atoms with van der Waals surface area (Å²) in [6, 6.07) is 6.75. The lowest BCUT2D eigenvalue weighted by Gasteiger charge is -2.11. The van der Waals surface area contributed by atoms with E-state index in [-0.39, 0.29) is 0 Å². The molecule has 0 atom stereocenters. The second-order valence-electron chi connectivity index (χ2n) is 5.44. The van der Waals surface area contributed by atoms with Crippen molar-refractivity contribution in [2.24, 2.45) is 0 Å². The van der Waals surface area contributed by atoms with E-state index < -0.39 is 0 Å². The second kappa shape index (κ2) is 9.19. The van der Waals surface area contributed by atoms with Crippen molar-refractivity contribution in [2.75, 3.05) is 0 Å². The average Bonchev–Trinajstić information content (AvgIpc) is 2.39. The smallest absolute Gasteiger partial charge is 0.0274 e. The highest BCUT2D eigenvalue weighted by molar-refractivity contribution is 5.34. The highest BCUT2D eigenvalue weighted by atomic mass is 14.1. The Labute approximate surface area is 114 Å². The highest BCUT2D eigenvalue weighted by Gasteiger charge is 2.03. The standard InChI is InChI=1S/C18H30/c1-4-6-7-8-9-10-11-15-18-16(3)13-12-14-17(18)5-2/h12-14H,4-11,15H2,1-3H3. The summed E-state index contributed by atoms with van der Waals surface area (Å²) in [6.07, 6.45) is 12.3. The first-order chi connectivity index (χ1) is 8.79. The molecule has 0 N–H and O–H groups in total. The van der Waals surface area contributed by atoms with Crippen molar-refractivity contribution in [3.63, 3.8) is 0 Å². The minimum Gasteiger partial charge on any atom is -0.0654 e. The normalized spacial score (nSPS) is 10.8. The van der Waals surface area contributed by atoms with Gasteiger partial charge in [0.05, 0.1) is 0 Å². The summed E-state index contributed by atoms with van der Waals surface area (Å²) >= 11 is 0. The lowest BCUT2D eigenvalue weighted by atomic mass is 9.95. The third-order valence-electron chi connectivity index (χ3n) is 3.92. The van der Waals surface area contributed by atoms with Crippen molar-refractivity contribution in [3.8, 4) is 0 Å². The molecule has 0 aliphatic heterocycles. The fourth-order valence-electron chi connectivity index (χ4n) is 2.71. The minimum absolute atomic E-state index is 1.17. The van der Waals surface area contributed by atoms with Gasteiger partial charge in [0, 0.05) is 0 Å². The number of unbranched alkanes of at least 4 members (excludes halogenated alkanes) is 6. The molecule has 0 radical (unpaired) electrons. The van der Waals surface area contributed by atoms with E-state index in [0.29, 0.717) is 0 Å². The average molecular weight is 246 g/mol. The molecule has 0 amide bonds. The molecular weight excluding hydrogens is 216 g/mol. The molecule has 0 aromatic heterocycles. The maximum atomic E-state index is 2.30. The Kier molecular flexibility index (Phi) is 7.80. The number of aryl methyl sites for hydroxylation is 2. The van der Waals surface area contributed by atoms with Gasteiger partial charge in [-0.15, -0.1) is 0 Å². The molecule has 0 fully saturated rings. The fraction of sp³-hybridized carbons (Fsp3) is 0.667. The first-order valence-corrected chi connectivity index (χ1v) is 7.87. The number of rotatable bonds is 9. The Hall–Kier alpha value is -0.780. The molecule has 0 saturated heterocycles. The molecule has 0 bridgehead atoms. The summed E-state index contributed by atoms with van der Waals surface area (Å²) in [5, 5.41) is 0. The van der Waals surface area contributed by atoms with Crippen LogP contribution in [-0.4, -0.2) is 0 Å². The summed E-state index contributed by atoms with van der Waals surface area (Å²) in [5.74, 6) is 0. The minimum atomic E-state index is 1.17. The van der Waals surface area contributed by atoms with Crippen LogP contribution >= 0.6 is 0 Å². The first kappa shape index (κ1) is 15.3. The van der Waals surface area contributed by atoms with Gasteiger partial charge in [0.15, 0.2) is 0 Å². The Bertz CT molecular complexity index is 325. The van der Waals surface area contributed by atoms with Crippen molar-refractivity contribution in [2.45, 2.75) is 78.6 Å². The summed E-state index contributed by atoms with van der Waals surface area (Å²) in [7, 11) is 0. The Morgan fingerprint density at radius 1 is 0.833 bits per heavy atom. The maximum Gasteiger partial charge on any atom is -0.0274 e. The van der Waals surface area contributed by atoms with Crippen LogP contribution in [0.3, 0.4) is 0 Å². The third kappa shape index (κ3) is 5.25. The highest BCUT2D eigenvalue weighted by Crippen LogP contribution is 2.18. The first-order valence-electron chi connectivity index (χ1n) is 7.87. The molecule has 0 heterocycles. The number of benzene rings is 1. The topological polar surface area (TPSA) is 0 Å². The van der Waals surface area contributed by atoms with E-state index in [4.69, 9.17) is 0 Å². The zero-order valence-electron chi connectivity index (χ0n) is 12.6. The summed E-state index contributed by atoms with van der Waals surface area (Å²) < 4.78 is 0. The largest absolute Gasteiger partial charge is 0.0654 e. The summed E-state index contributed by atoms with van der Waals surface area (Å²) in [6.45, 7) is 6.81. The van der Waals surface area contributed by atoms with E-state index in [1.165, 1.54) is 63.4 Å². The van der Waals surface area contributed by atoms with Gasteiger partial charge in [-0.3, -0.25) is 0 Å². The van der Waals surface area contributed by atoms with Gasteiger partial charge in [-0.1, -0.05) is 70.6 Å². The predicted octanol–water partition coefficient (Wildman–Crippen LogP) is 5.85. The molecule has 0 aliphatic carbocycles. The summed E-state index contributed by atoms with van der Waals surface area (Å²) in [4.78, 5) is 0. The molecular formula is C18H30. The van der Waals surface area contributed by atoms with Crippen LogP contribution in [0.15, 0.2) is 18.2 Å². The van der Waals surface area contributed by atoms with E-state index in [1.807, 2.05) is 0 Å². The Morgan fingerprint density at radius 3 is 2.17 bits per heavy atom. The van der Waals surface area contributed by atoms with Crippen molar-refractivity contribution in [1.29, 1.82) is 0 Å². The Morgan fingerprint density at radius 2 is 1.50 bits per heavy atom. The quantitative estimate of drug-likeness (QED) is 0.479. The van der Waals surface area contributed by atoms with Crippen LogP contribution in [0, 0.1) is 6.92 Å². The molecule has 0 saturated carbocycles. The van der Waals surface area contributed by atoms with Gasteiger partial charge in [-0.25, -0.2) is 0 Å². The molecule has 102 valence electrons. The van der Waals surface area contributed by atoms with Crippen LogP contribution in [0.5, 0.6) is 0 Å². The van der Waals surface area contributed by atoms with Gasteiger partial charge in [-0.2, -0.15) is 0 Å². The predicted molar refractivity (Wildman–Crippen MR) is 82.3 cm³/mol. The molecule has 0 unspecified atom stereocenters. The van der Waals surface area contributed by atoms with Crippen LogP contribution in [0.1, 0.15) is 75.5 Å². The van der Waals surface area contributed by atoms with E-state index in [0.717, 1.165) is 0 Å². The van der Waals surface area contributed by atoms with E-state index in [1.54, 1.807) is 11.1 Å². The molecule has 0 aliphatic rings. The zero-order chi connectivity index (χ0) is 13.2. The third-order valence-corrected chi connectivity index (χ3v) is 3.92.